The normalized spacial score (nSPS) is 26.4. The van der Waals surface area contributed by atoms with Crippen molar-refractivity contribution in [2.24, 2.45) is 5.92 Å². The summed E-state index contributed by atoms with van der Waals surface area (Å²) < 4.78 is 5.78. The molecule has 1 aromatic carbocycles. The van der Waals surface area contributed by atoms with Crippen LogP contribution in [0.15, 0.2) is 24.3 Å². The van der Waals surface area contributed by atoms with Crippen molar-refractivity contribution in [3.63, 3.8) is 0 Å². The fourth-order valence-corrected chi connectivity index (χ4v) is 3.84. The SMILES string of the molecule is Nc1cccc(OCCCN2CCC3CCCCC32)c1. The van der Waals surface area contributed by atoms with E-state index in [4.69, 9.17) is 10.5 Å². The van der Waals surface area contributed by atoms with Crippen LogP contribution in [-0.2, 0) is 0 Å². The zero-order chi connectivity index (χ0) is 13.8. The third kappa shape index (κ3) is 3.26. The molecule has 0 radical (unpaired) electrons. The van der Waals surface area contributed by atoms with Crippen LogP contribution < -0.4 is 10.5 Å². The number of nitrogens with zero attached hydrogens (tertiary/aromatic N) is 1. The Labute approximate surface area is 122 Å². The van der Waals surface area contributed by atoms with Gasteiger partial charge in [0.25, 0.3) is 0 Å². The number of likely N-dealkylation sites (tertiary alicyclic amines) is 1. The van der Waals surface area contributed by atoms with Crippen LogP contribution in [0.1, 0.15) is 38.5 Å². The maximum atomic E-state index is 5.78. The first-order valence-electron chi connectivity index (χ1n) is 8.05. The lowest BCUT2D eigenvalue weighted by atomic mass is 9.85. The largest absolute Gasteiger partial charge is 0.493 e. The van der Waals surface area contributed by atoms with Crippen LogP contribution in [0.4, 0.5) is 5.69 Å². The van der Waals surface area contributed by atoms with E-state index in [1.807, 2.05) is 24.3 Å². The van der Waals surface area contributed by atoms with Gasteiger partial charge in [0.15, 0.2) is 0 Å². The minimum atomic E-state index is 0.770. The zero-order valence-electron chi connectivity index (χ0n) is 12.3. The smallest absolute Gasteiger partial charge is 0.121 e. The highest BCUT2D eigenvalue weighted by molar-refractivity contribution is 5.43. The summed E-state index contributed by atoms with van der Waals surface area (Å²) in [6.45, 7) is 3.27. The molecular formula is C17H26N2O. The highest BCUT2D eigenvalue weighted by Crippen LogP contribution is 2.35. The van der Waals surface area contributed by atoms with E-state index in [0.717, 1.165) is 36.4 Å². The summed E-state index contributed by atoms with van der Waals surface area (Å²) in [4.78, 5) is 2.70. The van der Waals surface area contributed by atoms with Crippen LogP contribution in [0.25, 0.3) is 0 Å². The van der Waals surface area contributed by atoms with Crippen LogP contribution in [0.2, 0.25) is 0 Å². The molecule has 2 unspecified atom stereocenters. The van der Waals surface area contributed by atoms with Gasteiger partial charge in [-0.15, -0.1) is 0 Å². The Hall–Kier alpha value is -1.22. The maximum absolute atomic E-state index is 5.78. The van der Waals surface area contributed by atoms with Crippen LogP contribution in [0.5, 0.6) is 5.75 Å². The predicted octanol–water partition coefficient (Wildman–Crippen LogP) is 3.30. The van der Waals surface area contributed by atoms with Crippen molar-refractivity contribution in [3.8, 4) is 5.75 Å². The van der Waals surface area contributed by atoms with Gasteiger partial charge in [-0.05, 0) is 50.3 Å². The molecule has 2 N–H and O–H groups in total. The van der Waals surface area contributed by atoms with Crippen molar-refractivity contribution in [2.75, 3.05) is 25.4 Å². The van der Waals surface area contributed by atoms with Crippen LogP contribution >= 0.6 is 0 Å². The second-order valence-corrected chi connectivity index (χ2v) is 6.21. The number of anilines is 1. The monoisotopic (exact) mass is 274 g/mol. The molecule has 0 bridgehead atoms. The van der Waals surface area contributed by atoms with Gasteiger partial charge in [0, 0.05) is 24.3 Å². The van der Waals surface area contributed by atoms with Gasteiger partial charge in [-0.1, -0.05) is 18.9 Å². The number of hydrogen-bond acceptors (Lipinski definition) is 3. The van der Waals surface area contributed by atoms with Crippen molar-refractivity contribution in [3.05, 3.63) is 24.3 Å². The standard InChI is InChI=1S/C17H26N2O/c18-15-6-3-7-16(13-15)20-12-4-10-19-11-9-14-5-1-2-8-17(14)19/h3,6-7,13-14,17H,1-2,4-5,8-12,18H2. The topological polar surface area (TPSA) is 38.5 Å². The molecule has 1 heterocycles. The lowest BCUT2D eigenvalue weighted by Gasteiger charge is -2.31. The molecular weight excluding hydrogens is 248 g/mol. The van der Waals surface area contributed by atoms with Gasteiger partial charge in [0.2, 0.25) is 0 Å². The van der Waals surface area contributed by atoms with Gasteiger partial charge in [-0.2, -0.15) is 0 Å². The molecule has 110 valence electrons. The summed E-state index contributed by atoms with van der Waals surface area (Å²) in [7, 11) is 0. The number of ether oxygens (including phenoxy) is 1. The van der Waals surface area contributed by atoms with E-state index >= 15 is 0 Å². The molecule has 1 aliphatic carbocycles. The first kappa shape index (κ1) is 13.7. The Kier molecular flexibility index (Phi) is 4.46. The molecule has 0 amide bonds. The van der Waals surface area contributed by atoms with Gasteiger partial charge in [0.1, 0.15) is 5.75 Å². The third-order valence-electron chi connectivity index (χ3n) is 4.84. The molecule has 1 aromatic rings. The summed E-state index contributed by atoms with van der Waals surface area (Å²) in [5.74, 6) is 1.88. The molecule has 1 saturated heterocycles. The second kappa shape index (κ2) is 6.49. The highest BCUT2D eigenvalue weighted by Gasteiger charge is 2.34. The molecule has 20 heavy (non-hydrogen) atoms. The fourth-order valence-electron chi connectivity index (χ4n) is 3.84. The third-order valence-corrected chi connectivity index (χ3v) is 4.84. The summed E-state index contributed by atoms with van der Waals surface area (Å²) >= 11 is 0. The Morgan fingerprint density at radius 3 is 3.00 bits per heavy atom. The van der Waals surface area contributed by atoms with E-state index in [9.17, 15) is 0 Å². The lowest BCUT2D eigenvalue weighted by Crippen LogP contribution is -2.35. The number of rotatable bonds is 5. The summed E-state index contributed by atoms with van der Waals surface area (Å²) in [5.41, 5.74) is 6.52. The lowest BCUT2D eigenvalue weighted by molar-refractivity contribution is 0.170. The van der Waals surface area contributed by atoms with E-state index in [-0.39, 0.29) is 0 Å². The van der Waals surface area contributed by atoms with E-state index in [0.29, 0.717) is 0 Å². The van der Waals surface area contributed by atoms with Crippen molar-refractivity contribution in [1.29, 1.82) is 0 Å². The molecule has 3 heteroatoms. The summed E-state index contributed by atoms with van der Waals surface area (Å²) in [6.07, 6.45) is 8.28. The Balaban J connectivity index is 1.40. The van der Waals surface area contributed by atoms with Gasteiger partial charge in [0.05, 0.1) is 6.61 Å². The van der Waals surface area contributed by atoms with Crippen molar-refractivity contribution < 1.29 is 4.74 Å². The molecule has 3 nitrogen and oxygen atoms in total. The van der Waals surface area contributed by atoms with Crippen LogP contribution in [0, 0.1) is 5.92 Å². The fraction of sp³-hybridized carbons (Fsp3) is 0.647. The summed E-state index contributed by atoms with van der Waals surface area (Å²) in [5, 5.41) is 0. The number of nitrogens with two attached hydrogens (primary N) is 1. The Morgan fingerprint density at radius 2 is 2.10 bits per heavy atom. The Bertz CT molecular complexity index is 435. The number of nitrogen functional groups attached to an aromatic ring is 1. The average Bonchev–Trinajstić information content (AvgIpc) is 2.87. The van der Waals surface area contributed by atoms with Crippen LogP contribution in [-0.4, -0.2) is 30.6 Å². The zero-order valence-corrected chi connectivity index (χ0v) is 12.3. The number of fused-ring (bicyclic) bond motifs is 1. The molecule has 0 aromatic heterocycles. The van der Waals surface area contributed by atoms with Gasteiger partial charge in [-0.3, -0.25) is 4.90 Å². The summed E-state index contributed by atoms with van der Waals surface area (Å²) in [6, 6.07) is 8.57. The van der Waals surface area contributed by atoms with Crippen molar-refractivity contribution in [1.82, 2.24) is 4.90 Å². The Morgan fingerprint density at radius 1 is 1.20 bits per heavy atom. The quantitative estimate of drug-likeness (QED) is 0.661. The first-order chi connectivity index (χ1) is 9.83. The first-order valence-corrected chi connectivity index (χ1v) is 8.05. The van der Waals surface area contributed by atoms with E-state index in [1.165, 1.54) is 45.2 Å². The molecule has 2 aliphatic rings. The number of hydrogen-bond donors (Lipinski definition) is 1. The van der Waals surface area contributed by atoms with E-state index < -0.39 is 0 Å². The minimum Gasteiger partial charge on any atom is -0.493 e. The van der Waals surface area contributed by atoms with Crippen molar-refractivity contribution >= 4 is 5.69 Å². The van der Waals surface area contributed by atoms with Crippen molar-refractivity contribution in [2.45, 2.75) is 44.6 Å². The van der Waals surface area contributed by atoms with E-state index in [1.54, 1.807) is 0 Å². The predicted molar refractivity (Wildman–Crippen MR) is 82.9 cm³/mol. The molecule has 0 spiro atoms. The van der Waals surface area contributed by atoms with Crippen LogP contribution in [0.3, 0.4) is 0 Å². The minimum absolute atomic E-state index is 0.770. The number of benzene rings is 1. The highest BCUT2D eigenvalue weighted by atomic mass is 16.5. The van der Waals surface area contributed by atoms with Gasteiger partial charge in [-0.25, -0.2) is 0 Å². The molecule has 1 aliphatic heterocycles. The second-order valence-electron chi connectivity index (χ2n) is 6.21. The van der Waals surface area contributed by atoms with Gasteiger partial charge < -0.3 is 10.5 Å². The molecule has 2 atom stereocenters. The molecule has 1 saturated carbocycles. The van der Waals surface area contributed by atoms with E-state index in [2.05, 4.69) is 4.90 Å². The molecule has 3 rings (SSSR count). The molecule has 2 fully saturated rings. The van der Waals surface area contributed by atoms with Gasteiger partial charge >= 0.3 is 0 Å². The average molecular weight is 274 g/mol. The maximum Gasteiger partial charge on any atom is 0.121 e.